The average molecular weight is 539 g/mol. The molecule has 1 fully saturated rings. The van der Waals surface area contributed by atoms with Crippen molar-refractivity contribution in [1.82, 2.24) is 5.32 Å². The molecule has 0 aliphatic heterocycles. The van der Waals surface area contributed by atoms with Crippen LogP contribution in [0.25, 0.3) is 22.1 Å². The van der Waals surface area contributed by atoms with Gasteiger partial charge in [-0.25, -0.2) is 4.39 Å². The third kappa shape index (κ3) is 4.91. The Balaban J connectivity index is 1.29. The fourth-order valence-corrected chi connectivity index (χ4v) is 5.15. The van der Waals surface area contributed by atoms with Gasteiger partial charge < -0.3 is 15.5 Å². The first-order valence-corrected chi connectivity index (χ1v) is 13.0. The lowest BCUT2D eigenvalue weighted by molar-refractivity contribution is 0.0929. The first-order valence-electron chi connectivity index (χ1n) is 12.6. The van der Waals surface area contributed by atoms with Crippen molar-refractivity contribution in [3.63, 3.8) is 0 Å². The summed E-state index contributed by atoms with van der Waals surface area (Å²) in [6.45, 7) is 0. The van der Waals surface area contributed by atoms with Gasteiger partial charge in [0.1, 0.15) is 17.2 Å². The molecule has 194 valence electrons. The van der Waals surface area contributed by atoms with Gasteiger partial charge >= 0.3 is 0 Å². The van der Waals surface area contributed by atoms with Crippen LogP contribution in [0, 0.1) is 5.82 Å². The maximum Gasteiger partial charge on any atom is 0.252 e. The maximum absolute atomic E-state index is 13.3. The van der Waals surface area contributed by atoms with E-state index >= 15 is 0 Å². The first kappa shape index (κ1) is 24.9. The molecule has 7 heteroatoms. The third-order valence-electron chi connectivity index (χ3n) is 7.24. The molecule has 5 nitrogen and oxygen atoms in total. The lowest BCUT2D eigenvalue weighted by Gasteiger charge is -2.18. The number of primary amides is 1. The Hall–Kier alpha value is -4.42. The number of amides is 2. The molecule has 1 saturated carbocycles. The van der Waals surface area contributed by atoms with Gasteiger partial charge in [-0.1, -0.05) is 54.1 Å². The van der Waals surface area contributed by atoms with Crippen molar-refractivity contribution >= 4 is 34.4 Å². The highest BCUT2D eigenvalue weighted by Crippen LogP contribution is 2.46. The Kier molecular flexibility index (Phi) is 6.20. The molecule has 0 bridgehead atoms. The van der Waals surface area contributed by atoms with E-state index in [4.69, 9.17) is 21.8 Å². The topological polar surface area (TPSA) is 85.3 Å². The second-order valence-electron chi connectivity index (χ2n) is 9.90. The fraction of sp³-hybridized carbons (Fsp3) is 0.125. The summed E-state index contributed by atoms with van der Waals surface area (Å²) in [7, 11) is 0. The van der Waals surface area contributed by atoms with Crippen molar-refractivity contribution in [3.05, 3.63) is 130 Å². The summed E-state index contributed by atoms with van der Waals surface area (Å²) in [6.07, 6.45) is 2.04. The number of carbonyl (C=O) groups is 2. The number of nitrogens with one attached hydrogen (secondary N) is 1. The van der Waals surface area contributed by atoms with Crippen LogP contribution >= 0.6 is 11.6 Å². The van der Waals surface area contributed by atoms with Gasteiger partial charge in [0.05, 0.1) is 11.1 Å². The van der Waals surface area contributed by atoms with E-state index in [1.165, 1.54) is 12.1 Å². The molecule has 0 atom stereocenters. The van der Waals surface area contributed by atoms with Crippen LogP contribution in [0.5, 0.6) is 0 Å². The summed E-state index contributed by atoms with van der Waals surface area (Å²) in [5.74, 6) is -0.677. The highest BCUT2D eigenvalue weighted by atomic mass is 35.5. The molecule has 1 aliphatic carbocycles. The monoisotopic (exact) mass is 538 g/mol. The Morgan fingerprint density at radius 3 is 2.33 bits per heavy atom. The summed E-state index contributed by atoms with van der Waals surface area (Å²) in [6, 6.07) is 26.5. The SMILES string of the molecule is NC(=O)c1c(Cc2ccc(F)cc2)oc2ccc(-c3cccc(C(=O)NC4(c5ccc(Cl)cc5)CC4)c3)cc12. The van der Waals surface area contributed by atoms with Gasteiger partial charge in [-0.15, -0.1) is 0 Å². The van der Waals surface area contributed by atoms with E-state index in [9.17, 15) is 14.0 Å². The van der Waals surface area contributed by atoms with Crippen molar-refractivity contribution in [1.29, 1.82) is 0 Å². The molecule has 0 unspecified atom stereocenters. The first-order chi connectivity index (χ1) is 18.8. The number of carbonyl (C=O) groups excluding carboxylic acids is 2. The van der Waals surface area contributed by atoms with Gasteiger partial charge in [0.25, 0.3) is 11.8 Å². The highest BCUT2D eigenvalue weighted by molar-refractivity contribution is 6.30. The zero-order valence-corrected chi connectivity index (χ0v) is 21.6. The zero-order valence-electron chi connectivity index (χ0n) is 20.8. The second kappa shape index (κ2) is 9.71. The molecule has 1 aliphatic rings. The number of halogens is 2. The number of benzene rings is 4. The molecule has 0 saturated heterocycles. The van der Waals surface area contributed by atoms with Crippen LogP contribution in [0.3, 0.4) is 0 Å². The summed E-state index contributed by atoms with van der Waals surface area (Å²) < 4.78 is 19.3. The fourth-order valence-electron chi connectivity index (χ4n) is 5.02. The van der Waals surface area contributed by atoms with Crippen LogP contribution in [-0.4, -0.2) is 11.8 Å². The van der Waals surface area contributed by atoms with Gasteiger partial charge in [0.2, 0.25) is 0 Å². The molecule has 3 N–H and O–H groups in total. The highest BCUT2D eigenvalue weighted by Gasteiger charge is 2.45. The van der Waals surface area contributed by atoms with Gasteiger partial charge in [-0.3, -0.25) is 9.59 Å². The normalized spacial score (nSPS) is 13.8. The van der Waals surface area contributed by atoms with E-state index in [1.54, 1.807) is 24.3 Å². The smallest absolute Gasteiger partial charge is 0.252 e. The summed E-state index contributed by atoms with van der Waals surface area (Å²) in [5.41, 5.74) is 10.2. The number of nitrogens with two attached hydrogens (primary N) is 1. The molecule has 0 radical (unpaired) electrons. The minimum atomic E-state index is -0.604. The zero-order chi connectivity index (χ0) is 27.1. The van der Waals surface area contributed by atoms with E-state index in [0.717, 1.165) is 35.1 Å². The number of hydrogen-bond donors (Lipinski definition) is 2. The van der Waals surface area contributed by atoms with Crippen molar-refractivity contribution < 1.29 is 18.4 Å². The predicted molar refractivity (Wildman–Crippen MR) is 149 cm³/mol. The largest absolute Gasteiger partial charge is 0.460 e. The van der Waals surface area contributed by atoms with E-state index in [1.807, 2.05) is 54.6 Å². The Labute approximate surface area is 229 Å². The number of fused-ring (bicyclic) bond motifs is 1. The number of hydrogen-bond acceptors (Lipinski definition) is 3. The maximum atomic E-state index is 13.3. The molecule has 39 heavy (non-hydrogen) atoms. The van der Waals surface area contributed by atoms with Crippen molar-refractivity contribution in [2.45, 2.75) is 24.8 Å². The molecular formula is C32H24ClFN2O3. The molecule has 4 aromatic carbocycles. The van der Waals surface area contributed by atoms with Gasteiger partial charge in [-0.05, 0) is 83.6 Å². The van der Waals surface area contributed by atoms with Crippen LogP contribution in [0.1, 0.15) is 50.4 Å². The van der Waals surface area contributed by atoms with Crippen molar-refractivity contribution in [2.24, 2.45) is 5.73 Å². The second-order valence-corrected chi connectivity index (χ2v) is 10.3. The van der Waals surface area contributed by atoms with Gasteiger partial charge in [0.15, 0.2) is 0 Å². The van der Waals surface area contributed by atoms with Crippen LogP contribution < -0.4 is 11.1 Å². The third-order valence-corrected chi connectivity index (χ3v) is 7.49. The van der Waals surface area contributed by atoms with Crippen LogP contribution in [0.4, 0.5) is 4.39 Å². The van der Waals surface area contributed by atoms with E-state index in [-0.39, 0.29) is 17.3 Å². The predicted octanol–water partition coefficient (Wildman–Crippen LogP) is 7.00. The molecule has 6 rings (SSSR count). The molecule has 1 aromatic heterocycles. The molecule has 5 aromatic rings. The Morgan fingerprint density at radius 1 is 0.923 bits per heavy atom. The number of rotatable bonds is 7. The summed E-state index contributed by atoms with van der Waals surface area (Å²) >= 11 is 6.03. The average Bonchev–Trinajstić information content (AvgIpc) is 3.62. The minimum absolute atomic E-state index is 0.159. The lowest BCUT2D eigenvalue weighted by Crippen LogP contribution is -2.34. The Morgan fingerprint density at radius 2 is 1.64 bits per heavy atom. The van der Waals surface area contributed by atoms with E-state index in [0.29, 0.717) is 39.3 Å². The molecule has 0 spiro atoms. The Bertz CT molecular complexity index is 1720. The van der Waals surface area contributed by atoms with Crippen molar-refractivity contribution in [2.75, 3.05) is 0 Å². The van der Waals surface area contributed by atoms with Crippen LogP contribution in [-0.2, 0) is 12.0 Å². The quantitative estimate of drug-likeness (QED) is 0.234. The lowest BCUT2D eigenvalue weighted by atomic mass is 9.98. The van der Waals surface area contributed by atoms with Crippen LogP contribution in [0.15, 0.2) is 95.4 Å². The van der Waals surface area contributed by atoms with E-state index < -0.39 is 5.91 Å². The summed E-state index contributed by atoms with van der Waals surface area (Å²) in [4.78, 5) is 25.7. The van der Waals surface area contributed by atoms with Gasteiger partial charge in [-0.2, -0.15) is 0 Å². The molecule has 1 heterocycles. The standard InChI is InChI=1S/C32H24ClFN2O3/c33-24-9-7-23(8-10-24)32(14-15-32)36-31(38)22-3-1-2-20(17-22)21-6-13-27-26(18-21)29(30(35)37)28(39-27)16-19-4-11-25(34)12-5-19/h1-13,17-18H,14-16H2,(H2,35,37)(H,36,38). The minimum Gasteiger partial charge on any atom is -0.460 e. The van der Waals surface area contributed by atoms with E-state index in [2.05, 4.69) is 5.32 Å². The molecule has 2 amide bonds. The molecular weight excluding hydrogens is 515 g/mol. The van der Waals surface area contributed by atoms with Gasteiger partial charge in [0, 0.05) is 22.4 Å². The summed E-state index contributed by atoms with van der Waals surface area (Å²) in [5, 5.41) is 4.45. The number of furan rings is 1. The van der Waals surface area contributed by atoms with Crippen LogP contribution in [0.2, 0.25) is 5.02 Å². The van der Waals surface area contributed by atoms with Crippen molar-refractivity contribution in [3.8, 4) is 11.1 Å².